The molecule has 10 nitrogen and oxygen atoms in total. The number of carbonyl (C=O) groups is 1. The van der Waals surface area contributed by atoms with Crippen LogP contribution in [0, 0.1) is 0 Å². The van der Waals surface area contributed by atoms with Gasteiger partial charge in [0, 0.05) is 25.4 Å². The smallest absolute Gasteiger partial charge is 0.337 e. The zero-order valence-corrected chi connectivity index (χ0v) is 13.2. The van der Waals surface area contributed by atoms with Gasteiger partial charge in [0.1, 0.15) is 17.8 Å². The summed E-state index contributed by atoms with van der Waals surface area (Å²) in [5, 5.41) is 9.02. The van der Waals surface area contributed by atoms with Gasteiger partial charge in [-0.25, -0.2) is 19.3 Å². The molecule has 0 spiro atoms. The molecule has 3 aromatic heterocycles. The molecule has 0 radical (unpaired) electrons. The van der Waals surface area contributed by atoms with Crippen LogP contribution in [0.15, 0.2) is 40.4 Å². The van der Waals surface area contributed by atoms with Crippen molar-refractivity contribution in [1.82, 2.24) is 24.1 Å². The standard InChI is InChI=1S/C15H14N6O4/c1-20-12-10(6-17-7-19-12)13(22)21(15(20)25)9-3-2-8(18-5-9)4-11(16)14(23)24/h2-3,5-7,11H,4,16H2,1H3,(H,23,24)/t11-/m0/s1. The van der Waals surface area contributed by atoms with Crippen molar-refractivity contribution >= 4 is 17.0 Å². The summed E-state index contributed by atoms with van der Waals surface area (Å²) >= 11 is 0. The van der Waals surface area contributed by atoms with E-state index < -0.39 is 23.3 Å². The Labute approximate surface area is 140 Å². The van der Waals surface area contributed by atoms with Crippen LogP contribution in [-0.2, 0) is 18.3 Å². The lowest BCUT2D eigenvalue weighted by Gasteiger charge is -2.10. The number of rotatable bonds is 4. The Morgan fingerprint density at radius 3 is 2.68 bits per heavy atom. The third-order valence-electron chi connectivity index (χ3n) is 3.73. The first kappa shape index (κ1) is 16.5. The first-order chi connectivity index (χ1) is 11.9. The Morgan fingerprint density at radius 1 is 1.28 bits per heavy atom. The summed E-state index contributed by atoms with van der Waals surface area (Å²) in [6, 6.07) is 1.96. The van der Waals surface area contributed by atoms with Gasteiger partial charge in [-0.05, 0) is 12.1 Å². The van der Waals surface area contributed by atoms with Crippen LogP contribution in [0.5, 0.6) is 0 Å². The quantitative estimate of drug-likeness (QED) is 0.603. The second-order valence-electron chi connectivity index (χ2n) is 5.40. The first-order valence-electron chi connectivity index (χ1n) is 7.25. The number of hydrogen-bond acceptors (Lipinski definition) is 7. The predicted molar refractivity (Wildman–Crippen MR) is 87.5 cm³/mol. The third kappa shape index (κ3) is 2.90. The number of aryl methyl sites for hydroxylation is 1. The second kappa shape index (κ2) is 6.24. The fraction of sp³-hybridized carbons (Fsp3) is 0.200. The molecular weight excluding hydrogens is 328 g/mol. The molecule has 3 aromatic rings. The van der Waals surface area contributed by atoms with E-state index in [-0.39, 0.29) is 23.1 Å². The van der Waals surface area contributed by atoms with Gasteiger partial charge >= 0.3 is 11.7 Å². The highest BCUT2D eigenvalue weighted by molar-refractivity contribution is 5.73. The zero-order chi connectivity index (χ0) is 18.1. The van der Waals surface area contributed by atoms with E-state index in [1.165, 1.54) is 42.5 Å². The van der Waals surface area contributed by atoms with Crippen LogP contribution in [0.3, 0.4) is 0 Å². The van der Waals surface area contributed by atoms with Crippen molar-refractivity contribution in [3.05, 3.63) is 57.4 Å². The Bertz CT molecular complexity index is 1070. The molecule has 10 heteroatoms. The van der Waals surface area contributed by atoms with E-state index in [9.17, 15) is 14.4 Å². The summed E-state index contributed by atoms with van der Waals surface area (Å²) < 4.78 is 2.20. The Kier molecular flexibility index (Phi) is 4.11. The summed E-state index contributed by atoms with van der Waals surface area (Å²) in [5.41, 5.74) is 5.26. The maximum absolute atomic E-state index is 12.6. The van der Waals surface area contributed by atoms with Crippen LogP contribution in [-0.4, -0.2) is 41.2 Å². The molecule has 128 valence electrons. The number of hydrogen-bond donors (Lipinski definition) is 2. The van der Waals surface area contributed by atoms with Gasteiger partial charge in [0.05, 0.1) is 11.9 Å². The minimum absolute atomic E-state index is 0.0358. The van der Waals surface area contributed by atoms with Crippen molar-refractivity contribution in [2.75, 3.05) is 0 Å². The lowest BCUT2D eigenvalue weighted by Crippen LogP contribution is -2.38. The molecule has 0 bridgehead atoms. The molecule has 3 N–H and O–H groups in total. The summed E-state index contributed by atoms with van der Waals surface area (Å²) in [6.45, 7) is 0. The van der Waals surface area contributed by atoms with Crippen molar-refractivity contribution < 1.29 is 9.90 Å². The number of aliphatic carboxylic acids is 1. The van der Waals surface area contributed by atoms with Crippen molar-refractivity contribution in [3.8, 4) is 5.69 Å². The van der Waals surface area contributed by atoms with E-state index in [4.69, 9.17) is 10.8 Å². The summed E-state index contributed by atoms with van der Waals surface area (Å²) in [5.74, 6) is -1.13. The predicted octanol–water partition coefficient (Wildman–Crippen LogP) is -1.17. The van der Waals surface area contributed by atoms with E-state index >= 15 is 0 Å². The lowest BCUT2D eigenvalue weighted by atomic mass is 10.1. The van der Waals surface area contributed by atoms with Gasteiger partial charge in [0.2, 0.25) is 0 Å². The van der Waals surface area contributed by atoms with Crippen molar-refractivity contribution in [2.45, 2.75) is 12.5 Å². The van der Waals surface area contributed by atoms with Gasteiger partial charge in [-0.2, -0.15) is 0 Å². The fourth-order valence-electron chi connectivity index (χ4n) is 2.40. The molecule has 3 rings (SSSR count). The van der Waals surface area contributed by atoms with Gasteiger partial charge in [-0.3, -0.25) is 19.1 Å². The summed E-state index contributed by atoms with van der Waals surface area (Å²) in [6.07, 6.45) is 3.96. The van der Waals surface area contributed by atoms with E-state index in [0.717, 1.165) is 4.57 Å². The zero-order valence-electron chi connectivity index (χ0n) is 13.2. The highest BCUT2D eigenvalue weighted by Crippen LogP contribution is 2.07. The number of fused-ring (bicyclic) bond motifs is 1. The summed E-state index contributed by atoms with van der Waals surface area (Å²) in [4.78, 5) is 47.7. The normalized spacial score (nSPS) is 12.2. The molecule has 0 unspecified atom stereocenters. The average Bonchev–Trinajstić information content (AvgIpc) is 2.61. The number of nitrogens with zero attached hydrogens (tertiary/aromatic N) is 5. The van der Waals surface area contributed by atoms with Gasteiger partial charge in [-0.1, -0.05) is 0 Å². The molecule has 0 aromatic carbocycles. The maximum Gasteiger partial charge on any atom is 0.337 e. The number of nitrogens with two attached hydrogens (primary N) is 1. The van der Waals surface area contributed by atoms with Crippen LogP contribution in [0.4, 0.5) is 0 Å². The summed E-state index contributed by atoms with van der Waals surface area (Å²) in [7, 11) is 1.50. The molecule has 1 atom stereocenters. The molecule has 3 heterocycles. The van der Waals surface area contributed by atoms with Gasteiger partial charge in [-0.15, -0.1) is 0 Å². The molecule has 0 fully saturated rings. The topological polar surface area (TPSA) is 146 Å². The Hall–Kier alpha value is -3.40. The van der Waals surface area contributed by atoms with E-state index in [0.29, 0.717) is 5.69 Å². The van der Waals surface area contributed by atoms with Crippen LogP contribution in [0.2, 0.25) is 0 Å². The number of aromatic nitrogens is 5. The van der Waals surface area contributed by atoms with E-state index in [1.54, 1.807) is 0 Å². The van der Waals surface area contributed by atoms with Crippen LogP contribution in [0.1, 0.15) is 5.69 Å². The SMILES string of the molecule is Cn1c(=O)n(-c2ccc(C[C@H](N)C(=O)O)nc2)c(=O)c2cncnc21. The van der Waals surface area contributed by atoms with Gasteiger partial charge < -0.3 is 10.8 Å². The Balaban J connectivity index is 2.10. The Morgan fingerprint density at radius 2 is 2.04 bits per heavy atom. The molecule has 0 saturated carbocycles. The minimum Gasteiger partial charge on any atom is -0.480 e. The number of carboxylic acids is 1. The number of carboxylic acid groups (broad SMARTS) is 1. The second-order valence-corrected chi connectivity index (χ2v) is 5.40. The molecule has 0 aliphatic heterocycles. The average molecular weight is 342 g/mol. The van der Waals surface area contributed by atoms with Crippen molar-refractivity contribution in [1.29, 1.82) is 0 Å². The van der Waals surface area contributed by atoms with Gasteiger partial charge in [0.15, 0.2) is 5.65 Å². The largest absolute Gasteiger partial charge is 0.480 e. The van der Waals surface area contributed by atoms with Crippen LogP contribution < -0.4 is 17.0 Å². The van der Waals surface area contributed by atoms with Crippen LogP contribution in [0.25, 0.3) is 16.7 Å². The number of pyridine rings is 1. The molecule has 25 heavy (non-hydrogen) atoms. The highest BCUT2D eigenvalue weighted by Gasteiger charge is 2.15. The molecule has 0 saturated heterocycles. The van der Waals surface area contributed by atoms with Crippen molar-refractivity contribution in [2.24, 2.45) is 12.8 Å². The molecule has 0 aliphatic rings. The molecule has 0 aliphatic carbocycles. The van der Waals surface area contributed by atoms with E-state index in [1.807, 2.05) is 0 Å². The molecule has 0 amide bonds. The van der Waals surface area contributed by atoms with Gasteiger partial charge in [0.25, 0.3) is 5.56 Å². The fourth-order valence-corrected chi connectivity index (χ4v) is 2.40. The highest BCUT2D eigenvalue weighted by atomic mass is 16.4. The third-order valence-corrected chi connectivity index (χ3v) is 3.73. The maximum atomic E-state index is 12.6. The van der Waals surface area contributed by atoms with Crippen LogP contribution >= 0.6 is 0 Å². The lowest BCUT2D eigenvalue weighted by molar-refractivity contribution is -0.138. The molecular formula is C15H14N6O4. The minimum atomic E-state index is -1.13. The first-order valence-corrected chi connectivity index (χ1v) is 7.25. The monoisotopic (exact) mass is 342 g/mol. The van der Waals surface area contributed by atoms with Crippen molar-refractivity contribution in [3.63, 3.8) is 0 Å². The van der Waals surface area contributed by atoms with E-state index in [2.05, 4.69) is 15.0 Å².